The number of rotatable bonds is 0. The molecule has 4 heteroatoms. The van der Waals surface area contributed by atoms with Gasteiger partial charge in [-0.2, -0.15) is 0 Å². The van der Waals surface area contributed by atoms with Crippen LogP contribution in [0.15, 0.2) is 18.2 Å². The molecule has 2 aromatic rings. The summed E-state index contributed by atoms with van der Waals surface area (Å²) >= 11 is 0. The lowest BCUT2D eigenvalue weighted by Gasteiger charge is -2.21. The predicted octanol–water partition coefficient (Wildman–Crippen LogP) is 1.79. The van der Waals surface area contributed by atoms with E-state index in [0.717, 1.165) is 41.4 Å². The third kappa shape index (κ3) is 1.07. The molecule has 0 atom stereocenters. The average molecular weight is 225 g/mol. The number of hydrogen-bond donors (Lipinski definition) is 2. The molecule has 1 amide bonds. The maximum Gasteiger partial charge on any atom is 0.270 e. The Bertz CT molecular complexity index is 663. The number of anilines is 1. The molecule has 2 aliphatic rings. The van der Waals surface area contributed by atoms with E-state index in [-0.39, 0.29) is 5.91 Å². The normalized spacial score (nSPS) is 16.6. The molecule has 0 spiro atoms. The van der Waals surface area contributed by atoms with Gasteiger partial charge in [-0.3, -0.25) is 20.6 Å². The van der Waals surface area contributed by atoms with E-state index in [0.29, 0.717) is 0 Å². The van der Waals surface area contributed by atoms with Crippen molar-refractivity contribution in [1.29, 1.82) is 0 Å². The van der Waals surface area contributed by atoms with Crippen LogP contribution in [0.25, 0.3) is 10.9 Å². The Morgan fingerprint density at radius 2 is 2.12 bits per heavy atom. The van der Waals surface area contributed by atoms with Crippen molar-refractivity contribution in [2.45, 2.75) is 19.3 Å². The van der Waals surface area contributed by atoms with E-state index in [4.69, 9.17) is 0 Å². The van der Waals surface area contributed by atoms with Crippen LogP contribution >= 0.6 is 0 Å². The Labute approximate surface area is 98.0 Å². The molecule has 1 aliphatic heterocycles. The molecular formula is C13H11N3O. The number of benzene rings is 1. The number of aryl methyl sites for hydroxylation is 1. The summed E-state index contributed by atoms with van der Waals surface area (Å²) in [6.07, 6.45) is 3.24. The minimum absolute atomic E-state index is 0.0807. The van der Waals surface area contributed by atoms with Crippen molar-refractivity contribution in [3.63, 3.8) is 0 Å². The van der Waals surface area contributed by atoms with Gasteiger partial charge in [0, 0.05) is 11.1 Å². The van der Waals surface area contributed by atoms with E-state index in [2.05, 4.69) is 15.8 Å². The lowest BCUT2D eigenvalue weighted by atomic mass is 10.0. The van der Waals surface area contributed by atoms with E-state index in [9.17, 15) is 4.79 Å². The molecular weight excluding hydrogens is 214 g/mol. The lowest BCUT2D eigenvalue weighted by Crippen LogP contribution is -2.34. The Morgan fingerprint density at radius 3 is 3.06 bits per heavy atom. The van der Waals surface area contributed by atoms with Gasteiger partial charge in [0.25, 0.3) is 5.91 Å². The number of hydrazine groups is 1. The summed E-state index contributed by atoms with van der Waals surface area (Å²) in [4.78, 5) is 16.4. The van der Waals surface area contributed by atoms with Crippen LogP contribution in [-0.4, -0.2) is 10.9 Å². The molecule has 1 aromatic heterocycles. The van der Waals surface area contributed by atoms with Crippen molar-refractivity contribution in [1.82, 2.24) is 10.4 Å². The van der Waals surface area contributed by atoms with Crippen LogP contribution in [0, 0.1) is 0 Å². The molecule has 17 heavy (non-hydrogen) atoms. The second-order valence-electron chi connectivity index (χ2n) is 4.54. The van der Waals surface area contributed by atoms with Crippen molar-refractivity contribution < 1.29 is 4.79 Å². The fourth-order valence-electron chi connectivity index (χ4n) is 2.83. The molecule has 84 valence electrons. The standard InChI is InChI=1S/C13H11N3O/c17-13-8-4-2-6-10-11(8)12(15-16-13)7-3-1-5-9(7)14-10/h2,4,6,15H,1,3,5H2,(H,16,17). The van der Waals surface area contributed by atoms with Gasteiger partial charge >= 0.3 is 0 Å². The molecule has 0 unspecified atom stereocenters. The van der Waals surface area contributed by atoms with E-state index in [1.807, 2.05) is 18.2 Å². The highest BCUT2D eigenvalue weighted by Gasteiger charge is 2.25. The van der Waals surface area contributed by atoms with Gasteiger partial charge in [-0.05, 0) is 37.0 Å². The minimum atomic E-state index is -0.0807. The summed E-state index contributed by atoms with van der Waals surface area (Å²) in [7, 11) is 0. The fourth-order valence-corrected chi connectivity index (χ4v) is 2.83. The Balaban J connectivity index is 2.20. The highest BCUT2D eigenvalue weighted by molar-refractivity contribution is 6.14. The number of amides is 1. The molecule has 1 aromatic carbocycles. The summed E-state index contributed by atoms with van der Waals surface area (Å²) in [5.41, 5.74) is 10.9. The second-order valence-corrected chi connectivity index (χ2v) is 4.54. The number of fused-ring (bicyclic) bond motifs is 2. The van der Waals surface area contributed by atoms with Crippen molar-refractivity contribution in [3.05, 3.63) is 35.0 Å². The van der Waals surface area contributed by atoms with E-state index >= 15 is 0 Å². The Morgan fingerprint density at radius 1 is 1.18 bits per heavy atom. The molecule has 0 saturated heterocycles. The molecule has 0 saturated carbocycles. The maximum absolute atomic E-state index is 11.8. The molecule has 4 rings (SSSR count). The van der Waals surface area contributed by atoms with E-state index < -0.39 is 0 Å². The van der Waals surface area contributed by atoms with E-state index in [1.165, 1.54) is 11.3 Å². The average Bonchev–Trinajstić information content (AvgIpc) is 2.81. The maximum atomic E-state index is 11.8. The van der Waals surface area contributed by atoms with Crippen molar-refractivity contribution in [2.75, 3.05) is 5.43 Å². The molecule has 2 heterocycles. The highest BCUT2D eigenvalue weighted by atomic mass is 16.2. The topological polar surface area (TPSA) is 54.0 Å². The highest BCUT2D eigenvalue weighted by Crippen LogP contribution is 2.36. The van der Waals surface area contributed by atoms with Gasteiger partial charge in [-0.1, -0.05) is 6.07 Å². The van der Waals surface area contributed by atoms with Gasteiger partial charge in [-0.25, -0.2) is 0 Å². The molecule has 0 radical (unpaired) electrons. The zero-order valence-corrected chi connectivity index (χ0v) is 9.21. The number of carbonyl (C=O) groups is 1. The lowest BCUT2D eigenvalue weighted by molar-refractivity contribution is 0.0962. The zero-order chi connectivity index (χ0) is 11.4. The Kier molecular flexibility index (Phi) is 1.57. The summed E-state index contributed by atoms with van der Waals surface area (Å²) in [5, 5.41) is 0.969. The first-order valence-corrected chi connectivity index (χ1v) is 5.85. The van der Waals surface area contributed by atoms with Gasteiger partial charge in [-0.15, -0.1) is 0 Å². The number of pyridine rings is 1. The molecule has 1 aliphatic carbocycles. The SMILES string of the molecule is O=C1NNc2c3c(nc4cccc1c24)CCC3. The number of hydrogen-bond acceptors (Lipinski definition) is 3. The van der Waals surface area contributed by atoms with E-state index in [1.54, 1.807) is 0 Å². The van der Waals surface area contributed by atoms with Crippen LogP contribution in [-0.2, 0) is 12.8 Å². The Hall–Kier alpha value is -2.10. The van der Waals surface area contributed by atoms with Crippen LogP contribution in [0.1, 0.15) is 28.0 Å². The number of nitrogens with one attached hydrogen (secondary N) is 2. The number of carbonyl (C=O) groups excluding carboxylic acids is 1. The van der Waals surface area contributed by atoms with Crippen LogP contribution in [0.5, 0.6) is 0 Å². The molecule has 4 nitrogen and oxygen atoms in total. The van der Waals surface area contributed by atoms with Crippen molar-refractivity contribution in [2.24, 2.45) is 0 Å². The number of aromatic nitrogens is 1. The van der Waals surface area contributed by atoms with Gasteiger partial charge in [0.15, 0.2) is 0 Å². The minimum Gasteiger partial charge on any atom is -0.297 e. The van der Waals surface area contributed by atoms with Crippen molar-refractivity contribution >= 4 is 22.5 Å². The fraction of sp³-hybridized carbons (Fsp3) is 0.231. The first-order chi connectivity index (χ1) is 8.34. The summed E-state index contributed by atoms with van der Waals surface area (Å²) in [5.74, 6) is -0.0807. The second kappa shape index (κ2) is 2.97. The van der Waals surface area contributed by atoms with Crippen LogP contribution in [0.2, 0.25) is 0 Å². The van der Waals surface area contributed by atoms with Crippen LogP contribution in [0.4, 0.5) is 5.69 Å². The molecule has 0 bridgehead atoms. The predicted molar refractivity (Wildman–Crippen MR) is 64.9 cm³/mol. The van der Waals surface area contributed by atoms with Gasteiger partial charge in [0.05, 0.1) is 16.8 Å². The van der Waals surface area contributed by atoms with Gasteiger partial charge < -0.3 is 0 Å². The monoisotopic (exact) mass is 225 g/mol. The summed E-state index contributed by atoms with van der Waals surface area (Å²) in [6, 6.07) is 5.72. The van der Waals surface area contributed by atoms with Gasteiger partial charge in [0.1, 0.15) is 0 Å². The first kappa shape index (κ1) is 8.98. The van der Waals surface area contributed by atoms with Crippen LogP contribution < -0.4 is 10.9 Å². The zero-order valence-electron chi connectivity index (χ0n) is 9.21. The summed E-state index contributed by atoms with van der Waals surface area (Å²) < 4.78 is 0. The van der Waals surface area contributed by atoms with Crippen LogP contribution in [0.3, 0.4) is 0 Å². The smallest absolute Gasteiger partial charge is 0.270 e. The molecule has 0 fully saturated rings. The largest absolute Gasteiger partial charge is 0.297 e. The quantitative estimate of drug-likeness (QED) is 0.718. The molecule has 2 N–H and O–H groups in total. The first-order valence-electron chi connectivity index (χ1n) is 5.85. The summed E-state index contributed by atoms with van der Waals surface area (Å²) in [6.45, 7) is 0. The number of nitrogens with zero attached hydrogens (tertiary/aromatic N) is 1. The van der Waals surface area contributed by atoms with Crippen molar-refractivity contribution in [3.8, 4) is 0 Å². The van der Waals surface area contributed by atoms with Gasteiger partial charge in [0.2, 0.25) is 0 Å². The third-order valence-electron chi connectivity index (χ3n) is 3.58. The third-order valence-corrected chi connectivity index (χ3v) is 3.58.